The normalized spacial score (nSPS) is 20.9. The van der Waals surface area contributed by atoms with Crippen molar-refractivity contribution in [2.45, 2.75) is 32.7 Å². The van der Waals surface area contributed by atoms with E-state index in [0.717, 1.165) is 50.7 Å². The maximum Gasteiger partial charge on any atom is 0.0535 e. The van der Waals surface area contributed by atoms with Gasteiger partial charge < -0.3 is 4.74 Å². The fourth-order valence-corrected chi connectivity index (χ4v) is 3.94. The highest BCUT2D eigenvalue weighted by Gasteiger charge is 2.37. The molecule has 25 heavy (non-hydrogen) atoms. The topological polar surface area (TPSA) is 25.4 Å². The van der Waals surface area contributed by atoms with Crippen LogP contribution in [0.3, 0.4) is 0 Å². The molecule has 2 heterocycles. The van der Waals surface area contributed by atoms with E-state index in [1.54, 1.807) is 0 Å². The first-order valence-corrected chi connectivity index (χ1v) is 9.50. The lowest BCUT2D eigenvalue weighted by molar-refractivity contribution is 0.0489. The lowest BCUT2D eigenvalue weighted by Crippen LogP contribution is -2.32. The molecule has 1 aromatic heterocycles. The molecule has 0 saturated carbocycles. The largest absolute Gasteiger partial charge is 0.381 e. The number of aryl methyl sites for hydroxylation is 1. The molecule has 134 valence electrons. The number of nitrogens with zero attached hydrogens (tertiary/aromatic N) is 2. The van der Waals surface area contributed by atoms with Crippen LogP contribution in [0, 0.1) is 5.41 Å². The highest BCUT2D eigenvalue weighted by atomic mass is 35.5. The molecule has 1 aliphatic heterocycles. The SMILES string of the molecule is CCOC[C@@]1(CCc2cccc(Cl)c2)CCN(Cc2cccnc2)C1. The number of pyridine rings is 1. The summed E-state index contributed by atoms with van der Waals surface area (Å²) in [6.45, 7) is 6.88. The van der Waals surface area contributed by atoms with Gasteiger partial charge in [0.05, 0.1) is 6.61 Å². The van der Waals surface area contributed by atoms with Gasteiger partial charge in [-0.05, 0) is 62.1 Å². The Bertz CT molecular complexity index is 664. The van der Waals surface area contributed by atoms with E-state index in [4.69, 9.17) is 16.3 Å². The average molecular weight is 359 g/mol. The monoisotopic (exact) mass is 358 g/mol. The van der Waals surface area contributed by atoms with Crippen LogP contribution >= 0.6 is 11.6 Å². The zero-order valence-electron chi connectivity index (χ0n) is 15.0. The average Bonchev–Trinajstić information content (AvgIpc) is 3.03. The lowest BCUT2D eigenvalue weighted by atomic mass is 9.82. The number of aromatic nitrogens is 1. The number of halogens is 1. The number of benzene rings is 1. The summed E-state index contributed by atoms with van der Waals surface area (Å²) in [6.07, 6.45) is 7.17. The van der Waals surface area contributed by atoms with Gasteiger partial charge >= 0.3 is 0 Å². The van der Waals surface area contributed by atoms with Gasteiger partial charge in [-0.25, -0.2) is 0 Å². The summed E-state index contributed by atoms with van der Waals surface area (Å²) in [5, 5.41) is 0.820. The van der Waals surface area contributed by atoms with Crippen LogP contribution in [0.1, 0.15) is 30.9 Å². The summed E-state index contributed by atoms with van der Waals surface area (Å²) in [7, 11) is 0. The first-order valence-electron chi connectivity index (χ1n) is 9.13. The Labute approximate surface area is 156 Å². The quantitative estimate of drug-likeness (QED) is 0.689. The van der Waals surface area contributed by atoms with Crippen molar-refractivity contribution in [3.8, 4) is 0 Å². The van der Waals surface area contributed by atoms with Crippen molar-refractivity contribution in [3.05, 3.63) is 64.9 Å². The van der Waals surface area contributed by atoms with Gasteiger partial charge in [0, 0.05) is 42.5 Å². The molecule has 0 radical (unpaired) electrons. The third-order valence-electron chi connectivity index (χ3n) is 5.09. The summed E-state index contributed by atoms with van der Waals surface area (Å²) in [5.74, 6) is 0. The van der Waals surface area contributed by atoms with E-state index < -0.39 is 0 Å². The smallest absolute Gasteiger partial charge is 0.0535 e. The molecule has 0 aliphatic carbocycles. The summed E-state index contributed by atoms with van der Waals surface area (Å²) in [4.78, 5) is 6.77. The minimum absolute atomic E-state index is 0.237. The van der Waals surface area contributed by atoms with Crippen molar-refractivity contribution in [1.29, 1.82) is 0 Å². The van der Waals surface area contributed by atoms with Crippen LogP contribution in [0.4, 0.5) is 0 Å². The van der Waals surface area contributed by atoms with Crippen LogP contribution in [0.25, 0.3) is 0 Å². The molecule has 1 atom stereocenters. The molecule has 3 nitrogen and oxygen atoms in total. The minimum Gasteiger partial charge on any atom is -0.381 e. The van der Waals surface area contributed by atoms with Crippen LogP contribution in [-0.4, -0.2) is 36.2 Å². The second-order valence-corrected chi connectivity index (χ2v) is 7.53. The van der Waals surface area contributed by atoms with Crippen molar-refractivity contribution in [3.63, 3.8) is 0 Å². The van der Waals surface area contributed by atoms with Gasteiger partial charge in [0.15, 0.2) is 0 Å². The molecule has 0 amide bonds. The minimum atomic E-state index is 0.237. The van der Waals surface area contributed by atoms with E-state index in [2.05, 4.69) is 35.0 Å². The Morgan fingerprint density at radius 3 is 2.88 bits per heavy atom. The first-order chi connectivity index (χ1) is 12.2. The standard InChI is InChI=1S/C21H27ClN2O/c1-2-25-17-21(9-8-18-5-3-7-20(22)13-18)10-12-24(16-21)15-19-6-4-11-23-14-19/h3-7,11,13-14H,2,8-10,12,15-17H2,1H3/t21-/m0/s1. The summed E-state index contributed by atoms with van der Waals surface area (Å²) >= 11 is 6.13. The van der Waals surface area contributed by atoms with Crippen molar-refractivity contribution in [2.24, 2.45) is 5.41 Å². The number of likely N-dealkylation sites (tertiary alicyclic amines) is 1. The highest BCUT2D eigenvalue weighted by molar-refractivity contribution is 6.30. The molecule has 2 aromatic rings. The molecule has 0 bridgehead atoms. The van der Waals surface area contributed by atoms with E-state index in [9.17, 15) is 0 Å². The van der Waals surface area contributed by atoms with Crippen LogP contribution in [-0.2, 0) is 17.7 Å². The molecule has 4 heteroatoms. The third-order valence-corrected chi connectivity index (χ3v) is 5.33. The Balaban J connectivity index is 1.63. The molecule has 0 unspecified atom stereocenters. The Morgan fingerprint density at radius 2 is 2.12 bits per heavy atom. The Hall–Kier alpha value is -1.42. The molecule has 1 fully saturated rings. The lowest BCUT2D eigenvalue weighted by Gasteiger charge is -2.29. The Kier molecular flexibility index (Phi) is 6.46. The van der Waals surface area contributed by atoms with E-state index in [-0.39, 0.29) is 5.41 Å². The summed E-state index contributed by atoms with van der Waals surface area (Å²) in [5.41, 5.74) is 2.83. The molecule has 1 aromatic carbocycles. The third kappa shape index (κ3) is 5.27. The van der Waals surface area contributed by atoms with E-state index >= 15 is 0 Å². The van der Waals surface area contributed by atoms with Gasteiger partial charge in [-0.1, -0.05) is 29.8 Å². The van der Waals surface area contributed by atoms with E-state index in [1.165, 1.54) is 17.5 Å². The highest BCUT2D eigenvalue weighted by Crippen LogP contribution is 2.36. The molecule has 0 spiro atoms. The van der Waals surface area contributed by atoms with Crippen LogP contribution in [0.5, 0.6) is 0 Å². The molecular formula is C21H27ClN2O. The van der Waals surface area contributed by atoms with Gasteiger partial charge in [-0.15, -0.1) is 0 Å². The zero-order valence-corrected chi connectivity index (χ0v) is 15.7. The van der Waals surface area contributed by atoms with Crippen molar-refractivity contribution in [1.82, 2.24) is 9.88 Å². The predicted octanol–water partition coefficient (Wildman–Crippen LogP) is 4.60. The van der Waals surface area contributed by atoms with Gasteiger partial charge in [-0.3, -0.25) is 9.88 Å². The molecule has 1 aliphatic rings. The van der Waals surface area contributed by atoms with E-state index in [0.29, 0.717) is 0 Å². The summed E-state index contributed by atoms with van der Waals surface area (Å²) in [6, 6.07) is 12.4. The molecule has 0 N–H and O–H groups in total. The number of hydrogen-bond acceptors (Lipinski definition) is 3. The Morgan fingerprint density at radius 1 is 1.24 bits per heavy atom. The number of hydrogen-bond donors (Lipinski definition) is 0. The van der Waals surface area contributed by atoms with Gasteiger partial charge in [0.2, 0.25) is 0 Å². The first kappa shape index (κ1) is 18.4. The molecule has 1 saturated heterocycles. The molecular weight excluding hydrogens is 332 g/mol. The van der Waals surface area contributed by atoms with Crippen LogP contribution in [0.2, 0.25) is 5.02 Å². The summed E-state index contributed by atoms with van der Waals surface area (Å²) < 4.78 is 5.87. The van der Waals surface area contributed by atoms with Crippen molar-refractivity contribution < 1.29 is 4.74 Å². The van der Waals surface area contributed by atoms with Gasteiger partial charge in [0.25, 0.3) is 0 Å². The predicted molar refractivity (Wildman–Crippen MR) is 103 cm³/mol. The fraction of sp³-hybridized carbons (Fsp3) is 0.476. The molecule has 3 rings (SSSR count). The van der Waals surface area contributed by atoms with Crippen LogP contribution < -0.4 is 0 Å². The maximum atomic E-state index is 6.13. The van der Waals surface area contributed by atoms with Gasteiger partial charge in [0.1, 0.15) is 0 Å². The fourth-order valence-electron chi connectivity index (χ4n) is 3.73. The number of ether oxygens (including phenoxy) is 1. The maximum absolute atomic E-state index is 6.13. The zero-order chi connectivity index (χ0) is 17.5. The van der Waals surface area contributed by atoms with Gasteiger partial charge in [-0.2, -0.15) is 0 Å². The van der Waals surface area contributed by atoms with Crippen molar-refractivity contribution >= 4 is 11.6 Å². The second-order valence-electron chi connectivity index (χ2n) is 7.09. The van der Waals surface area contributed by atoms with Crippen molar-refractivity contribution in [2.75, 3.05) is 26.3 Å². The number of rotatable bonds is 8. The second kappa shape index (κ2) is 8.79. The van der Waals surface area contributed by atoms with Crippen LogP contribution in [0.15, 0.2) is 48.8 Å². The van der Waals surface area contributed by atoms with E-state index in [1.807, 2.05) is 30.6 Å².